The summed E-state index contributed by atoms with van der Waals surface area (Å²) in [6.45, 7) is 0.559. The van der Waals surface area contributed by atoms with Crippen molar-refractivity contribution in [2.24, 2.45) is 0 Å². The predicted molar refractivity (Wildman–Crippen MR) is 135 cm³/mol. The van der Waals surface area contributed by atoms with Gasteiger partial charge in [0.25, 0.3) is 0 Å². The Hall–Kier alpha value is -4.45. The molecule has 1 aromatic heterocycles. The van der Waals surface area contributed by atoms with Gasteiger partial charge in [-0.15, -0.1) is 0 Å². The number of ketones is 1. The third-order valence-corrected chi connectivity index (χ3v) is 5.92. The molecule has 0 aliphatic rings. The zero-order valence-electron chi connectivity index (χ0n) is 19.0. The largest absolute Gasteiger partial charge is 0.418 e. The van der Waals surface area contributed by atoms with E-state index in [-0.39, 0.29) is 22.2 Å². The number of nitrogens with zero attached hydrogens (tertiary/aromatic N) is 1. The smallest absolute Gasteiger partial charge is 0.381 e. The van der Waals surface area contributed by atoms with Gasteiger partial charge >= 0.3 is 6.18 Å². The Morgan fingerprint density at radius 3 is 2.39 bits per heavy atom. The summed E-state index contributed by atoms with van der Waals surface area (Å²) in [7, 11) is 0. The molecule has 0 saturated heterocycles. The summed E-state index contributed by atoms with van der Waals surface area (Å²) in [6, 6.07) is 30.4. The van der Waals surface area contributed by atoms with Gasteiger partial charge in [0.05, 0.1) is 11.1 Å². The lowest BCUT2D eigenvalue weighted by Crippen LogP contribution is -2.09. The van der Waals surface area contributed by atoms with E-state index in [2.05, 4.69) is 16.4 Å². The molecule has 0 aliphatic heterocycles. The molecule has 0 amide bonds. The number of anilines is 1. The maximum Gasteiger partial charge on any atom is 0.418 e. The molecule has 0 atom stereocenters. The molecule has 0 spiro atoms. The number of pyridine rings is 1. The maximum absolute atomic E-state index is 13.8. The van der Waals surface area contributed by atoms with Gasteiger partial charge in [-0.05, 0) is 35.4 Å². The minimum absolute atomic E-state index is 0.191. The Labute approximate surface area is 206 Å². The molecule has 0 fully saturated rings. The van der Waals surface area contributed by atoms with E-state index in [9.17, 15) is 18.0 Å². The van der Waals surface area contributed by atoms with Crippen molar-refractivity contribution in [3.8, 4) is 11.1 Å². The topological polar surface area (TPSA) is 42.0 Å². The highest BCUT2D eigenvalue weighted by Gasteiger charge is 2.34. The predicted octanol–water partition coefficient (Wildman–Crippen LogP) is 7.56. The molecule has 3 nitrogen and oxygen atoms in total. The number of benzene rings is 4. The Kier molecular flexibility index (Phi) is 6.25. The van der Waals surface area contributed by atoms with Crippen LogP contribution < -0.4 is 5.32 Å². The minimum atomic E-state index is -4.58. The molecule has 1 N–H and O–H groups in total. The standard InChI is InChI=1S/C30H20F3N2O/c31-30(32,33)26-16-8-15-24-27(25(19-35-28(24)26)29(36)21-11-5-2-6-12-21)22-13-7-14-23(17-22)34-18-20-9-3-1-4-10-20/h2-17,19,34H,18H2. The van der Waals surface area contributed by atoms with Crippen LogP contribution >= 0.6 is 0 Å². The first-order chi connectivity index (χ1) is 17.4. The number of nitrogens with one attached hydrogen (secondary N) is 1. The molecule has 5 aromatic rings. The molecule has 1 heterocycles. The average molecular weight is 481 g/mol. The Balaban J connectivity index is 1.67. The molecular weight excluding hydrogens is 461 g/mol. The third-order valence-electron chi connectivity index (χ3n) is 5.92. The number of para-hydroxylation sites is 1. The number of carbonyl (C=O) groups excluding carboxylic acids is 1. The molecule has 177 valence electrons. The number of halogens is 3. The lowest BCUT2D eigenvalue weighted by molar-refractivity contribution is -0.136. The zero-order chi connectivity index (χ0) is 25.1. The minimum Gasteiger partial charge on any atom is -0.381 e. The molecule has 0 aliphatic carbocycles. The van der Waals surface area contributed by atoms with Crippen molar-refractivity contribution in [3.05, 3.63) is 132 Å². The highest BCUT2D eigenvalue weighted by Crippen LogP contribution is 2.39. The van der Waals surface area contributed by atoms with Gasteiger partial charge in [0, 0.05) is 40.5 Å². The maximum atomic E-state index is 13.8. The summed E-state index contributed by atoms with van der Waals surface area (Å²) < 4.78 is 41.3. The highest BCUT2D eigenvalue weighted by molar-refractivity contribution is 6.16. The van der Waals surface area contributed by atoms with Crippen molar-refractivity contribution < 1.29 is 18.0 Å². The first kappa shape index (κ1) is 23.3. The van der Waals surface area contributed by atoms with Crippen LogP contribution in [-0.4, -0.2) is 10.8 Å². The monoisotopic (exact) mass is 481 g/mol. The van der Waals surface area contributed by atoms with Gasteiger partial charge in [-0.1, -0.05) is 78.9 Å². The second kappa shape index (κ2) is 9.66. The molecule has 5 rings (SSSR count). The number of hydrogen-bond donors (Lipinski definition) is 1. The first-order valence-electron chi connectivity index (χ1n) is 11.3. The van der Waals surface area contributed by atoms with E-state index in [0.29, 0.717) is 23.2 Å². The molecule has 1 radical (unpaired) electrons. The Bertz CT molecular complexity index is 1530. The van der Waals surface area contributed by atoms with E-state index in [1.54, 1.807) is 42.5 Å². The normalized spacial score (nSPS) is 11.4. The number of carbonyl (C=O) groups is 1. The van der Waals surface area contributed by atoms with Gasteiger partial charge in [-0.2, -0.15) is 13.2 Å². The van der Waals surface area contributed by atoms with E-state index in [4.69, 9.17) is 0 Å². The van der Waals surface area contributed by atoms with Gasteiger partial charge in [0.2, 0.25) is 0 Å². The van der Waals surface area contributed by atoms with Gasteiger partial charge in [0.1, 0.15) is 0 Å². The fourth-order valence-corrected chi connectivity index (χ4v) is 4.21. The van der Waals surface area contributed by atoms with Crippen LogP contribution in [0.3, 0.4) is 0 Å². The van der Waals surface area contributed by atoms with Crippen molar-refractivity contribution in [1.82, 2.24) is 4.98 Å². The van der Waals surface area contributed by atoms with Crippen LogP contribution in [0.25, 0.3) is 22.0 Å². The second-order valence-corrected chi connectivity index (χ2v) is 8.28. The van der Waals surface area contributed by atoms with Crippen molar-refractivity contribution in [3.63, 3.8) is 0 Å². The molecular formula is C30H20F3N2O. The molecule has 6 heteroatoms. The van der Waals surface area contributed by atoms with Crippen molar-refractivity contribution in [1.29, 1.82) is 0 Å². The van der Waals surface area contributed by atoms with Gasteiger partial charge in [0.15, 0.2) is 5.78 Å². The zero-order valence-corrected chi connectivity index (χ0v) is 19.0. The third kappa shape index (κ3) is 4.70. The van der Waals surface area contributed by atoms with Crippen molar-refractivity contribution in [2.45, 2.75) is 12.7 Å². The number of aromatic nitrogens is 1. The molecule has 4 aromatic carbocycles. The first-order valence-corrected chi connectivity index (χ1v) is 11.3. The Morgan fingerprint density at radius 1 is 0.889 bits per heavy atom. The summed E-state index contributed by atoms with van der Waals surface area (Å²) in [5.74, 6) is -0.309. The molecule has 0 bridgehead atoms. The summed E-state index contributed by atoms with van der Waals surface area (Å²) in [6.07, 6.45) is -3.33. The van der Waals surface area contributed by atoms with E-state index in [1.807, 2.05) is 42.5 Å². The number of alkyl halides is 3. The summed E-state index contributed by atoms with van der Waals surface area (Å²) in [5, 5.41) is 3.61. The summed E-state index contributed by atoms with van der Waals surface area (Å²) in [5.41, 5.74) is 2.51. The van der Waals surface area contributed by atoms with Gasteiger partial charge in [-0.25, -0.2) is 0 Å². The van der Waals surface area contributed by atoms with Crippen LogP contribution in [0.4, 0.5) is 18.9 Å². The van der Waals surface area contributed by atoms with Crippen LogP contribution in [-0.2, 0) is 12.7 Å². The van der Waals surface area contributed by atoms with Gasteiger partial charge < -0.3 is 5.32 Å². The van der Waals surface area contributed by atoms with E-state index >= 15 is 0 Å². The number of fused-ring (bicyclic) bond motifs is 1. The SMILES string of the molecule is O=C(c1ccccc1)c1cnc2c(C(F)(F)F)cccc2c1-c1cccc(NCc2cc[c]cc2)c1. The van der Waals surface area contributed by atoms with Crippen molar-refractivity contribution in [2.75, 3.05) is 5.32 Å². The number of rotatable bonds is 6. The highest BCUT2D eigenvalue weighted by atomic mass is 19.4. The van der Waals surface area contributed by atoms with E-state index < -0.39 is 11.7 Å². The quantitative estimate of drug-likeness (QED) is 0.255. The average Bonchev–Trinajstić information content (AvgIpc) is 2.91. The van der Waals surface area contributed by atoms with E-state index in [0.717, 1.165) is 17.3 Å². The lowest BCUT2D eigenvalue weighted by Gasteiger charge is -2.16. The number of hydrogen-bond acceptors (Lipinski definition) is 3. The Morgan fingerprint density at radius 2 is 1.64 bits per heavy atom. The van der Waals surface area contributed by atoms with Crippen LogP contribution in [0.15, 0.2) is 103 Å². The molecule has 0 saturated carbocycles. The van der Waals surface area contributed by atoms with Gasteiger partial charge in [-0.3, -0.25) is 9.78 Å². The second-order valence-electron chi connectivity index (χ2n) is 8.28. The molecule has 0 unspecified atom stereocenters. The lowest BCUT2D eigenvalue weighted by atomic mass is 9.91. The van der Waals surface area contributed by atoms with Crippen LogP contribution in [0.1, 0.15) is 27.0 Å². The van der Waals surface area contributed by atoms with Crippen LogP contribution in [0.2, 0.25) is 0 Å². The summed E-state index contributed by atoms with van der Waals surface area (Å²) in [4.78, 5) is 17.6. The fourth-order valence-electron chi connectivity index (χ4n) is 4.21. The fraction of sp³-hybridized carbons (Fsp3) is 0.0667. The van der Waals surface area contributed by atoms with Crippen LogP contribution in [0.5, 0.6) is 0 Å². The summed E-state index contributed by atoms with van der Waals surface area (Å²) >= 11 is 0. The van der Waals surface area contributed by atoms with E-state index in [1.165, 1.54) is 12.3 Å². The van der Waals surface area contributed by atoms with Crippen molar-refractivity contribution >= 4 is 22.4 Å². The van der Waals surface area contributed by atoms with Crippen LogP contribution in [0, 0.1) is 6.07 Å². The molecule has 36 heavy (non-hydrogen) atoms.